The summed E-state index contributed by atoms with van der Waals surface area (Å²) in [6, 6.07) is 2.08. The van der Waals surface area contributed by atoms with E-state index >= 15 is 0 Å². The Bertz CT molecular complexity index is 458. The minimum Gasteiger partial charge on any atom is -0.381 e. The number of carbonyl (C=O) groups is 1. The SMILES string of the molecule is O=C1c2cnc(Cl)cc2CN1C1CCOCC1. The smallest absolute Gasteiger partial charge is 0.256 e. The Morgan fingerprint density at radius 2 is 2.18 bits per heavy atom. The third-order valence-electron chi connectivity index (χ3n) is 3.42. The van der Waals surface area contributed by atoms with Crippen LogP contribution in [-0.2, 0) is 11.3 Å². The number of nitrogens with zero attached hydrogens (tertiary/aromatic N) is 2. The van der Waals surface area contributed by atoms with Crippen LogP contribution in [0.25, 0.3) is 0 Å². The number of amides is 1. The van der Waals surface area contributed by atoms with Crippen molar-refractivity contribution in [3.8, 4) is 0 Å². The quantitative estimate of drug-likeness (QED) is 0.717. The molecule has 0 aromatic carbocycles. The number of carbonyl (C=O) groups excluding carboxylic acids is 1. The van der Waals surface area contributed by atoms with Gasteiger partial charge in [0.25, 0.3) is 5.91 Å². The lowest BCUT2D eigenvalue weighted by atomic mass is 10.1. The normalized spacial score (nSPS) is 20.8. The molecule has 1 aromatic rings. The van der Waals surface area contributed by atoms with Crippen LogP contribution in [0.15, 0.2) is 12.3 Å². The summed E-state index contributed by atoms with van der Waals surface area (Å²) in [7, 11) is 0. The highest BCUT2D eigenvalue weighted by atomic mass is 35.5. The van der Waals surface area contributed by atoms with Gasteiger partial charge in [0.05, 0.1) is 5.56 Å². The average Bonchev–Trinajstić information content (AvgIpc) is 2.67. The van der Waals surface area contributed by atoms with Gasteiger partial charge < -0.3 is 9.64 Å². The van der Waals surface area contributed by atoms with Gasteiger partial charge in [-0.2, -0.15) is 0 Å². The van der Waals surface area contributed by atoms with Gasteiger partial charge in [-0.1, -0.05) is 11.6 Å². The zero-order valence-corrected chi connectivity index (χ0v) is 10.1. The largest absolute Gasteiger partial charge is 0.381 e. The lowest BCUT2D eigenvalue weighted by Gasteiger charge is -2.30. The standard InChI is InChI=1S/C12H13ClN2O2/c13-11-5-8-7-15(9-1-3-17-4-2-9)12(16)10(8)6-14-11/h5-6,9H,1-4,7H2. The zero-order chi connectivity index (χ0) is 11.8. The molecule has 4 nitrogen and oxygen atoms in total. The molecule has 0 spiro atoms. The summed E-state index contributed by atoms with van der Waals surface area (Å²) in [4.78, 5) is 18.1. The second-order valence-corrected chi connectivity index (χ2v) is 4.83. The van der Waals surface area contributed by atoms with Crippen molar-refractivity contribution in [1.29, 1.82) is 0 Å². The van der Waals surface area contributed by atoms with Crippen molar-refractivity contribution < 1.29 is 9.53 Å². The van der Waals surface area contributed by atoms with E-state index in [0.29, 0.717) is 23.3 Å². The molecule has 1 saturated heterocycles. The van der Waals surface area contributed by atoms with Gasteiger partial charge in [-0.3, -0.25) is 4.79 Å². The lowest BCUT2D eigenvalue weighted by Crippen LogP contribution is -2.39. The van der Waals surface area contributed by atoms with Crippen molar-refractivity contribution >= 4 is 17.5 Å². The van der Waals surface area contributed by atoms with Gasteiger partial charge in [-0.05, 0) is 24.5 Å². The lowest BCUT2D eigenvalue weighted by molar-refractivity contribution is 0.0303. The van der Waals surface area contributed by atoms with E-state index in [1.807, 2.05) is 4.90 Å². The summed E-state index contributed by atoms with van der Waals surface area (Å²) in [5.41, 5.74) is 1.68. The molecular weight excluding hydrogens is 240 g/mol. The Morgan fingerprint density at radius 1 is 1.41 bits per heavy atom. The number of ether oxygens (including phenoxy) is 1. The van der Waals surface area contributed by atoms with Gasteiger partial charge in [-0.15, -0.1) is 0 Å². The van der Waals surface area contributed by atoms with Crippen LogP contribution in [0, 0.1) is 0 Å². The number of halogens is 1. The molecule has 0 atom stereocenters. The van der Waals surface area contributed by atoms with Gasteiger partial charge in [0.1, 0.15) is 5.15 Å². The number of rotatable bonds is 1. The molecule has 90 valence electrons. The molecule has 1 amide bonds. The Morgan fingerprint density at radius 3 is 2.94 bits per heavy atom. The molecule has 0 radical (unpaired) electrons. The summed E-state index contributed by atoms with van der Waals surface area (Å²) in [6.45, 7) is 2.13. The maximum absolute atomic E-state index is 12.2. The zero-order valence-electron chi connectivity index (χ0n) is 9.36. The van der Waals surface area contributed by atoms with Crippen LogP contribution in [0.2, 0.25) is 5.15 Å². The molecule has 2 aliphatic rings. The minimum atomic E-state index is 0.0797. The van der Waals surface area contributed by atoms with Gasteiger partial charge in [-0.25, -0.2) is 4.98 Å². The van der Waals surface area contributed by atoms with Crippen LogP contribution in [0.1, 0.15) is 28.8 Å². The Hall–Kier alpha value is -1.13. The highest BCUT2D eigenvalue weighted by Gasteiger charge is 2.33. The molecule has 3 rings (SSSR count). The number of fused-ring (bicyclic) bond motifs is 1. The highest BCUT2D eigenvalue weighted by molar-refractivity contribution is 6.29. The van der Waals surface area contributed by atoms with Crippen molar-refractivity contribution in [3.63, 3.8) is 0 Å². The molecule has 1 fully saturated rings. The fourth-order valence-electron chi connectivity index (χ4n) is 2.49. The van der Waals surface area contributed by atoms with Crippen LogP contribution in [0.3, 0.4) is 0 Å². The molecule has 0 unspecified atom stereocenters. The summed E-state index contributed by atoms with van der Waals surface area (Å²) < 4.78 is 5.32. The fourth-order valence-corrected chi connectivity index (χ4v) is 2.67. The van der Waals surface area contributed by atoms with Crippen LogP contribution in [-0.4, -0.2) is 35.0 Å². The summed E-state index contributed by atoms with van der Waals surface area (Å²) >= 11 is 5.84. The fraction of sp³-hybridized carbons (Fsp3) is 0.500. The summed E-state index contributed by atoms with van der Waals surface area (Å²) in [5, 5.41) is 0.449. The second kappa shape index (κ2) is 4.27. The number of hydrogen-bond donors (Lipinski definition) is 0. The third kappa shape index (κ3) is 1.91. The van der Waals surface area contributed by atoms with E-state index in [2.05, 4.69) is 4.98 Å². The second-order valence-electron chi connectivity index (χ2n) is 4.44. The molecule has 0 bridgehead atoms. The Balaban J connectivity index is 1.85. The maximum Gasteiger partial charge on any atom is 0.256 e. The van der Waals surface area contributed by atoms with E-state index in [9.17, 15) is 4.79 Å². The van der Waals surface area contributed by atoms with Gasteiger partial charge in [0.15, 0.2) is 0 Å². The Labute approximate surface area is 105 Å². The van der Waals surface area contributed by atoms with Crippen LogP contribution < -0.4 is 0 Å². The van der Waals surface area contributed by atoms with Crippen LogP contribution >= 0.6 is 11.6 Å². The number of aromatic nitrogens is 1. The van der Waals surface area contributed by atoms with Gasteiger partial charge in [0, 0.05) is 32.0 Å². The average molecular weight is 253 g/mol. The van der Waals surface area contributed by atoms with E-state index in [-0.39, 0.29) is 5.91 Å². The maximum atomic E-state index is 12.2. The van der Waals surface area contributed by atoms with E-state index in [4.69, 9.17) is 16.3 Å². The molecule has 2 aliphatic heterocycles. The molecular formula is C12H13ClN2O2. The van der Waals surface area contributed by atoms with Gasteiger partial charge >= 0.3 is 0 Å². The van der Waals surface area contributed by atoms with Crippen molar-refractivity contribution in [1.82, 2.24) is 9.88 Å². The van der Waals surface area contributed by atoms with E-state index in [1.165, 1.54) is 0 Å². The van der Waals surface area contributed by atoms with Crippen molar-refractivity contribution in [2.75, 3.05) is 13.2 Å². The van der Waals surface area contributed by atoms with Crippen molar-refractivity contribution in [3.05, 3.63) is 28.5 Å². The van der Waals surface area contributed by atoms with Crippen LogP contribution in [0.4, 0.5) is 0 Å². The van der Waals surface area contributed by atoms with Crippen LogP contribution in [0.5, 0.6) is 0 Å². The number of pyridine rings is 1. The number of hydrogen-bond acceptors (Lipinski definition) is 3. The van der Waals surface area contributed by atoms with Crippen molar-refractivity contribution in [2.45, 2.75) is 25.4 Å². The van der Waals surface area contributed by atoms with E-state index < -0.39 is 0 Å². The first-order valence-electron chi connectivity index (χ1n) is 5.79. The first kappa shape index (κ1) is 11.0. The Kier molecular flexibility index (Phi) is 2.76. The molecule has 1 aromatic heterocycles. The predicted octanol–water partition coefficient (Wildman–Crippen LogP) is 1.87. The topological polar surface area (TPSA) is 42.4 Å². The predicted molar refractivity (Wildman–Crippen MR) is 63.0 cm³/mol. The molecule has 0 N–H and O–H groups in total. The molecule has 17 heavy (non-hydrogen) atoms. The summed E-state index contributed by atoms with van der Waals surface area (Å²) in [6.07, 6.45) is 3.42. The third-order valence-corrected chi connectivity index (χ3v) is 3.63. The first-order chi connectivity index (χ1) is 8.25. The minimum absolute atomic E-state index is 0.0797. The molecule has 3 heterocycles. The first-order valence-corrected chi connectivity index (χ1v) is 6.16. The van der Waals surface area contributed by atoms with Crippen molar-refractivity contribution in [2.24, 2.45) is 0 Å². The molecule has 5 heteroatoms. The summed E-state index contributed by atoms with van der Waals surface area (Å²) in [5.74, 6) is 0.0797. The van der Waals surface area contributed by atoms with E-state index in [1.54, 1.807) is 12.3 Å². The molecule has 0 aliphatic carbocycles. The molecule has 0 saturated carbocycles. The van der Waals surface area contributed by atoms with Gasteiger partial charge in [0.2, 0.25) is 0 Å². The van der Waals surface area contributed by atoms with E-state index in [0.717, 1.165) is 31.6 Å². The monoisotopic (exact) mass is 252 g/mol. The highest BCUT2D eigenvalue weighted by Crippen LogP contribution is 2.28.